The molecule has 0 saturated heterocycles. The fraction of sp³-hybridized carbons (Fsp3) is 0.357. The second kappa shape index (κ2) is 5.65. The molecular weight excluding hydrogens is 240 g/mol. The predicted molar refractivity (Wildman–Crippen MR) is 77.3 cm³/mol. The van der Waals surface area contributed by atoms with Gasteiger partial charge in [-0.05, 0) is 19.1 Å². The summed E-state index contributed by atoms with van der Waals surface area (Å²) in [5, 5.41) is 0. The molecule has 0 atom stereocenters. The van der Waals surface area contributed by atoms with Gasteiger partial charge in [-0.25, -0.2) is 4.98 Å². The summed E-state index contributed by atoms with van der Waals surface area (Å²) in [4.78, 5) is 6.39. The van der Waals surface area contributed by atoms with Crippen molar-refractivity contribution in [1.82, 2.24) is 9.55 Å². The average molecular weight is 260 g/mol. The lowest BCUT2D eigenvalue weighted by atomic mass is 10.2. The number of anilines is 2. The monoisotopic (exact) mass is 260 g/mol. The van der Waals surface area contributed by atoms with E-state index in [-0.39, 0.29) is 0 Å². The highest BCUT2D eigenvalue weighted by atomic mass is 16.5. The molecule has 2 aromatic rings. The first-order valence-electron chi connectivity index (χ1n) is 6.32. The van der Waals surface area contributed by atoms with Crippen LogP contribution < -0.4 is 15.4 Å². The minimum atomic E-state index is 0.608. The SMILES string of the molecule is CCOc1cccc(N(C)Cc2nccn2C)c1N. The molecule has 1 heterocycles. The molecular formula is C14H20N4O. The molecule has 0 aliphatic carbocycles. The van der Waals surface area contributed by atoms with Crippen molar-refractivity contribution < 1.29 is 4.74 Å². The normalized spacial score (nSPS) is 10.5. The molecule has 0 saturated carbocycles. The fourth-order valence-corrected chi connectivity index (χ4v) is 1.99. The van der Waals surface area contributed by atoms with Crippen molar-refractivity contribution in [2.45, 2.75) is 13.5 Å². The van der Waals surface area contributed by atoms with Crippen molar-refractivity contribution in [2.75, 3.05) is 24.3 Å². The van der Waals surface area contributed by atoms with E-state index in [2.05, 4.69) is 9.88 Å². The van der Waals surface area contributed by atoms with Crippen molar-refractivity contribution in [1.29, 1.82) is 0 Å². The minimum Gasteiger partial charge on any atom is -0.492 e. The smallest absolute Gasteiger partial charge is 0.144 e. The number of rotatable bonds is 5. The summed E-state index contributed by atoms with van der Waals surface area (Å²) >= 11 is 0. The molecule has 2 N–H and O–H groups in total. The van der Waals surface area contributed by atoms with Crippen LogP contribution in [0.3, 0.4) is 0 Å². The number of nitrogen functional groups attached to an aromatic ring is 1. The standard InChI is InChI=1S/C14H20N4O/c1-4-19-12-7-5-6-11(14(12)15)18(3)10-13-16-8-9-17(13)2/h5-9H,4,10,15H2,1-3H3. The van der Waals surface area contributed by atoms with Crippen molar-refractivity contribution in [2.24, 2.45) is 7.05 Å². The van der Waals surface area contributed by atoms with Gasteiger partial charge < -0.3 is 19.9 Å². The van der Waals surface area contributed by atoms with Gasteiger partial charge in [0.25, 0.3) is 0 Å². The van der Waals surface area contributed by atoms with Gasteiger partial charge in [-0.1, -0.05) is 6.07 Å². The zero-order valence-electron chi connectivity index (χ0n) is 11.6. The zero-order valence-corrected chi connectivity index (χ0v) is 11.6. The van der Waals surface area contributed by atoms with Crippen molar-refractivity contribution in [3.05, 3.63) is 36.4 Å². The van der Waals surface area contributed by atoms with Crippen LogP contribution in [0.25, 0.3) is 0 Å². The third kappa shape index (κ3) is 2.81. The van der Waals surface area contributed by atoms with Gasteiger partial charge in [-0.3, -0.25) is 0 Å². The van der Waals surface area contributed by atoms with Gasteiger partial charge in [0.15, 0.2) is 0 Å². The highest BCUT2D eigenvalue weighted by Gasteiger charge is 2.11. The highest BCUT2D eigenvalue weighted by Crippen LogP contribution is 2.32. The molecule has 5 nitrogen and oxygen atoms in total. The molecule has 102 valence electrons. The number of imidazole rings is 1. The molecule has 0 bridgehead atoms. The first-order chi connectivity index (χ1) is 9.13. The molecule has 0 amide bonds. The van der Waals surface area contributed by atoms with Gasteiger partial charge in [0.2, 0.25) is 0 Å². The second-order valence-corrected chi connectivity index (χ2v) is 4.43. The number of nitrogens with two attached hydrogens (primary N) is 1. The van der Waals surface area contributed by atoms with Crippen LogP contribution in [0.2, 0.25) is 0 Å². The molecule has 2 rings (SSSR count). The Balaban J connectivity index is 2.21. The van der Waals surface area contributed by atoms with Crippen LogP contribution in [0.1, 0.15) is 12.7 Å². The lowest BCUT2D eigenvalue weighted by Crippen LogP contribution is -2.20. The molecule has 0 aliphatic heterocycles. The average Bonchev–Trinajstić information content (AvgIpc) is 2.78. The van der Waals surface area contributed by atoms with E-state index in [0.717, 1.165) is 17.3 Å². The number of hydrogen-bond donors (Lipinski definition) is 1. The first-order valence-corrected chi connectivity index (χ1v) is 6.32. The summed E-state index contributed by atoms with van der Waals surface area (Å²) in [6.07, 6.45) is 3.73. The number of benzene rings is 1. The van der Waals surface area contributed by atoms with Gasteiger partial charge in [0, 0.05) is 26.5 Å². The topological polar surface area (TPSA) is 56.3 Å². The first kappa shape index (κ1) is 13.3. The molecule has 5 heteroatoms. The van der Waals surface area contributed by atoms with E-state index < -0.39 is 0 Å². The lowest BCUT2D eigenvalue weighted by molar-refractivity contribution is 0.342. The minimum absolute atomic E-state index is 0.608. The van der Waals surface area contributed by atoms with Gasteiger partial charge >= 0.3 is 0 Å². The Bertz CT molecular complexity index is 550. The molecule has 0 fully saturated rings. The Morgan fingerprint density at radius 3 is 2.84 bits per heavy atom. The number of aromatic nitrogens is 2. The summed E-state index contributed by atoms with van der Waals surface area (Å²) in [5.41, 5.74) is 7.76. The van der Waals surface area contributed by atoms with Gasteiger partial charge in [-0.2, -0.15) is 0 Å². The van der Waals surface area contributed by atoms with E-state index in [1.165, 1.54) is 0 Å². The number of para-hydroxylation sites is 1. The van der Waals surface area contributed by atoms with Crippen molar-refractivity contribution in [3.63, 3.8) is 0 Å². The van der Waals surface area contributed by atoms with Crippen LogP contribution in [-0.2, 0) is 13.6 Å². The van der Waals surface area contributed by atoms with Crippen molar-refractivity contribution >= 4 is 11.4 Å². The predicted octanol–water partition coefficient (Wildman–Crippen LogP) is 2.04. The second-order valence-electron chi connectivity index (χ2n) is 4.43. The maximum atomic E-state index is 6.14. The summed E-state index contributed by atoms with van der Waals surface area (Å²) in [7, 11) is 3.98. The molecule has 0 aliphatic rings. The number of nitrogens with zero attached hydrogens (tertiary/aromatic N) is 3. The van der Waals surface area contributed by atoms with Crippen LogP contribution in [0.5, 0.6) is 5.75 Å². The van der Waals surface area contributed by atoms with E-state index in [4.69, 9.17) is 10.5 Å². The summed E-state index contributed by atoms with van der Waals surface area (Å²) in [6.45, 7) is 3.25. The quantitative estimate of drug-likeness (QED) is 0.836. The van der Waals surface area contributed by atoms with E-state index in [9.17, 15) is 0 Å². The molecule has 0 spiro atoms. The maximum absolute atomic E-state index is 6.14. The van der Waals surface area contributed by atoms with Crippen LogP contribution in [0, 0.1) is 0 Å². The fourth-order valence-electron chi connectivity index (χ4n) is 1.99. The summed E-state index contributed by atoms with van der Waals surface area (Å²) < 4.78 is 7.51. The van der Waals surface area contributed by atoms with Crippen LogP contribution in [0.4, 0.5) is 11.4 Å². The van der Waals surface area contributed by atoms with E-state index >= 15 is 0 Å². The number of hydrogen-bond acceptors (Lipinski definition) is 4. The third-order valence-corrected chi connectivity index (χ3v) is 3.05. The van der Waals surface area contributed by atoms with Crippen molar-refractivity contribution in [3.8, 4) is 5.75 Å². The Morgan fingerprint density at radius 1 is 1.42 bits per heavy atom. The number of ether oxygens (including phenoxy) is 1. The number of aryl methyl sites for hydroxylation is 1. The molecule has 19 heavy (non-hydrogen) atoms. The summed E-state index contributed by atoms with van der Waals surface area (Å²) in [6, 6.07) is 5.82. The molecule has 0 radical (unpaired) electrons. The van der Waals surface area contributed by atoms with Gasteiger partial charge in [-0.15, -0.1) is 0 Å². The van der Waals surface area contributed by atoms with E-state index in [1.807, 2.05) is 50.0 Å². The van der Waals surface area contributed by atoms with Gasteiger partial charge in [0.05, 0.1) is 24.5 Å². The third-order valence-electron chi connectivity index (χ3n) is 3.05. The van der Waals surface area contributed by atoms with E-state index in [0.29, 0.717) is 18.8 Å². The Hall–Kier alpha value is -2.17. The zero-order chi connectivity index (χ0) is 13.8. The Morgan fingerprint density at radius 2 is 2.21 bits per heavy atom. The largest absolute Gasteiger partial charge is 0.492 e. The Kier molecular flexibility index (Phi) is 3.94. The maximum Gasteiger partial charge on any atom is 0.144 e. The van der Waals surface area contributed by atoms with Crippen LogP contribution in [-0.4, -0.2) is 23.2 Å². The molecule has 1 aromatic heterocycles. The molecule has 1 aromatic carbocycles. The Labute approximate surface area is 113 Å². The van der Waals surface area contributed by atoms with Gasteiger partial charge in [0.1, 0.15) is 11.6 Å². The lowest BCUT2D eigenvalue weighted by Gasteiger charge is -2.22. The van der Waals surface area contributed by atoms with E-state index in [1.54, 1.807) is 6.20 Å². The van der Waals surface area contributed by atoms with Crippen LogP contribution >= 0.6 is 0 Å². The highest BCUT2D eigenvalue weighted by molar-refractivity contribution is 5.73. The van der Waals surface area contributed by atoms with Crippen LogP contribution in [0.15, 0.2) is 30.6 Å². The summed E-state index contributed by atoms with van der Waals surface area (Å²) in [5.74, 6) is 1.72. The molecule has 0 unspecified atom stereocenters.